The molecule has 0 radical (unpaired) electrons. The van der Waals surface area contributed by atoms with Crippen molar-refractivity contribution in [3.63, 3.8) is 0 Å². The van der Waals surface area contributed by atoms with Gasteiger partial charge in [-0.2, -0.15) is 26.7 Å². The molecule has 1 N–H and O–H groups in total. The lowest BCUT2D eigenvalue weighted by Gasteiger charge is -2.30. The van der Waals surface area contributed by atoms with Crippen molar-refractivity contribution in [2.24, 2.45) is 0 Å². The molecule has 1 aliphatic rings. The summed E-state index contributed by atoms with van der Waals surface area (Å²) in [6.45, 7) is 9.62. The molecule has 0 aliphatic carbocycles. The molecule has 0 saturated carbocycles. The normalized spacial score (nSPS) is 18.9. The second-order valence-corrected chi connectivity index (χ2v) is 6.28. The zero-order chi connectivity index (χ0) is 14.4. The summed E-state index contributed by atoms with van der Waals surface area (Å²) in [5.41, 5.74) is 0. The van der Waals surface area contributed by atoms with Gasteiger partial charge >= 0.3 is 6.01 Å². The summed E-state index contributed by atoms with van der Waals surface area (Å²) in [6, 6.07) is 0.405. The van der Waals surface area contributed by atoms with E-state index in [0.29, 0.717) is 29.8 Å². The highest BCUT2D eigenvalue weighted by Gasteiger charge is 2.20. The first-order valence-corrected chi connectivity index (χ1v) is 8.27. The first kappa shape index (κ1) is 15.2. The second-order valence-electron chi connectivity index (χ2n) is 4.73. The van der Waals surface area contributed by atoms with Gasteiger partial charge in [-0.1, -0.05) is 13.8 Å². The van der Waals surface area contributed by atoms with Crippen molar-refractivity contribution in [2.75, 3.05) is 42.2 Å². The van der Waals surface area contributed by atoms with Crippen LogP contribution in [-0.2, 0) is 0 Å². The van der Waals surface area contributed by atoms with Crippen molar-refractivity contribution in [2.45, 2.75) is 32.4 Å². The molecule has 1 aromatic rings. The fourth-order valence-electron chi connectivity index (χ4n) is 2.00. The fourth-order valence-corrected chi connectivity index (χ4v) is 3.01. The van der Waals surface area contributed by atoms with Gasteiger partial charge in [-0.15, -0.1) is 0 Å². The van der Waals surface area contributed by atoms with Crippen LogP contribution in [0.3, 0.4) is 0 Å². The quantitative estimate of drug-likeness (QED) is 0.862. The second kappa shape index (κ2) is 7.52. The average molecular weight is 297 g/mol. The lowest BCUT2D eigenvalue weighted by atomic mass is 10.4. The van der Waals surface area contributed by atoms with Crippen LogP contribution in [0.15, 0.2) is 0 Å². The summed E-state index contributed by atoms with van der Waals surface area (Å²) in [6.07, 6.45) is 1.03. The molecule has 1 aromatic heterocycles. The van der Waals surface area contributed by atoms with Crippen molar-refractivity contribution in [1.82, 2.24) is 15.0 Å². The Kier molecular flexibility index (Phi) is 5.70. The molecule has 2 rings (SSSR count). The summed E-state index contributed by atoms with van der Waals surface area (Å²) in [4.78, 5) is 15.4. The molecule has 0 aromatic carbocycles. The molecule has 0 spiro atoms. The minimum Gasteiger partial charge on any atom is -0.464 e. The Morgan fingerprint density at radius 1 is 1.35 bits per heavy atom. The van der Waals surface area contributed by atoms with E-state index in [1.165, 1.54) is 0 Å². The van der Waals surface area contributed by atoms with E-state index in [1.807, 2.05) is 18.7 Å². The molecule has 2 heterocycles. The van der Waals surface area contributed by atoms with E-state index in [-0.39, 0.29) is 0 Å². The largest absolute Gasteiger partial charge is 0.464 e. The summed E-state index contributed by atoms with van der Waals surface area (Å²) in [5, 5.41) is 3.81. The Labute approximate surface area is 124 Å². The van der Waals surface area contributed by atoms with Crippen LogP contribution in [0, 0.1) is 0 Å². The highest BCUT2D eigenvalue weighted by Crippen LogP contribution is 2.23. The molecule has 112 valence electrons. The lowest BCUT2D eigenvalue weighted by molar-refractivity contribution is 0.312. The number of thioether (sulfide) groups is 1. The summed E-state index contributed by atoms with van der Waals surface area (Å²) in [5.74, 6) is 2.43. The number of hydrogen-bond donors (Lipinski definition) is 1. The average Bonchev–Trinajstić information content (AvgIpc) is 2.45. The lowest BCUT2D eigenvalue weighted by Crippen LogP contribution is -2.38. The van der Waals surface area contributed by atoms with Gasteiger partial charge in [-0.25, -0.2) is 0 Å². The predicted molar refractivity (Wildman–Crippen MR) is 83.9 cm³/mol. The summed E-state index contributed by atoms with van der Waals surface area (Å²) in [7, 11) is 0. The van der Waals surface area contributed by atoms with E-state index >= 15 is 0 Å². The Balaban J connectivity index is 2.18. The maximum absolute atomic E-state index is 5.45. The highest BCUT2D eigenvalue weighted by atomic mass is 32.2. The molecule has 0 amide bonds. The minimum atomic E-state index is 0.405. The molecule has 6 nitrogen and oxygen atoms in total. The van der Waals surface area contributed by atoms with Gasteiger partial charge in [0, 0.05) is 30.6 Å². The third kappa shape index (κ3) is 4.13. The molecule has 1 unspecified atom stereocenters. The maximum atomic E-state index is 5.45. The van der Waals surface area contributed by atoms with Gasteiger partial charge in [-0.3, -0.25) is 0 Å². The van der Waals surface area contributed by atoms with Crippen LogP contribution in [-0.4, -0.2) is 52.2 Å². The first-order valence-electron chi connectivity index (χ1n) is 7.22. The van der Waals surface area contributed by atoms with E-state index in [0.717, 1.165) is 31.8 Å². The molecule has 1 fully saturated rings. The van der Waals surface area contributed by atoms with Crippen molar-refractivity contribution in [3.05, 3.63) is 0 Å². The number of nitrogens with zero attached hydrogens (tertiary/aromatic N) is 4. The van der Waals surface area contributed by atoms with Gasteiger partial charge in [0.15, 0.2) is 0 Å². The van der Waals surface area contributed by atoms with Crippen LogP contribution < -0.4 is 15.0 Å². The zero-order valence-corrected chi connectivity index (χ0v) is 13.2. The smallest absolute Gasteiger partial charge is 0.323 e. The van der Waals surface area contributed by atoms with Crippen LogP contribution in [0.4, 0.5) is 11.9 Å². The molecule has 1 aliphatic heterocycles. The van der Waals surface area contributed by atoms with Gasteiger partial charge in [-0.05, 0) is 13.3 Å². The van der Waals surface area contributed by atoms with Crippen molar-refractivity contribution < 1.29 is 4.74 Å². The van der Waals surface area contributed by atoms with E-state index in [1.54, 1.807) is 0 Å². The molecule has 0 bridgehead atoms. The predicted octanol–water partition coefficient (Wildman–Crippen LogP) is 2.03. The molecule has 1 saturated heterocycles. The molecule has 20 heavy (non-hydrogen) atoms. The first-order chi connectivity index (χ1) is 9.72. The van der Waals surface area contributed by atoms with Crippen molar-refractivity contribution in [3.8, 4) is 6.01 Å². The SMILES string of the molecule is CCCNc1nc(OCC)nc(N2CCSC(C)C2)n1. The summed E-state index contributed by atoms with van der Waals surface area (Å²) < 4.78 is 5.45. The minimum absolute atomic E-state index is 0.405. The van der Waals surface area contributed by atoms with Crippen LogP contribution in [0.2, 0.25) is 0 Å². The van der Waals surface area contributed by atoms with Gasteiger partial charge in [0.05, 0.1) is 6.61 Å². The monoisotopic (exact) mass is 297 g/mol. The molecular weight excluding hydrogens is 274 g/mol. The van der Waals surface area contributed by atoms with Crippen molar-refractivity contribution >= 4 is 23.7 Å². The molecular formula is C13H23N5OS. The number of rotatable bonds is 6. The topological polar surface area (TPSA) is 63.2 Å². The number of aromatic nitrogens is 3. The fraction of sp³-hybridized carbons (Fsp3) is 0.769. The Bertz CT molecular complexity index is 431. The van der Waals surface area contributed by atoms with Crippen LogP contribution in [0.5, 0.6) is 6.01 Å². The Morgan fingerprint density at radius 2 is 2.20 bits per heavy atom. The van der Waals surface area contributed by atoms with Gasteiger partial charge in [0.2, 0.25) is 11.9 Å². The Morgan fingerprint density at radius 3 is 2.90 bits per heavy atom. The number of anilines is 2. The van der Waals surface area contributed by atoms with Gasteiger partial charge in [0.1, 0.15) is 0 Å². The molecule has 7 heteroatoms. The maximum Gasteiger partial charge on any atom is 0.323 e. The molecule has 1 atom stereocenters. The van der Waals surface area contributed by atoms with E-state index < -0.39 is 0 Å². The zero-order valence-electron chi connectivity index (χ0n) is 12.4. The van der Waals surface area contributed by atoms with E-state index in [4.69, 9.17) is 4.74 Å². The number of nitrogens with one attached hydrogen (secondary N) is 1. The van der Waals surface area contributed by atoms with Gasteiger partial charge < -0.3 is 15.0 Å². The number of ether oxygens (including phenoxy) is 1. The third-order valence-electron chi connectivity index (χ3n) is 2.93. The van der Waals surface area contributed by atoms with Crippen LogP contribution in [0.25, 0.3) is 0 Å². The van der Waals surface area contributed by atoms with E-state index in [9.17, 15) is 0 Å². The van der Waals surface area contributed by atoms with Crippen LogP contribution >= 0.6 is 11.8 Å². The summed E-state index contributed by atoms with van der Waals surface area (Å²) >= 11 is 1.99. The van der Waals surface area contributed by atoms with Gasteiger partial charge in [0.25, 0.3) is 0 Å². The Hall–Kier alpha value is -1.24. The van der Waals surface area contributed by atoms with Crippen LogP contribution in [0.1, 0.15) is 27.2 Å². The standard InChI is InChI=1S/C13H23N5OS/c1-4-6-14-11-15-12(17-13(16-11)19-5-2)18-7-8-20-10(3)9-18/h10H,4-9H2,1-3H3,(H,14,15,16,17). The van der Waals surface area contributed by atoms with E-state index in [2.05, 4.69) is 39.0 Å². The number of hydrogen-bond acceptors (Lipinski definition) is 7. The highest BCUT2D eigenvalue weighted by molar-refractivity contribution is 8.00. The third-order valence-corrected chi connectivity index (χ3v) is 4.07. The van der Waals surface area contributed by atoms with Crippen molar-refractivity contribution in [1.29, 1.82) is 0 Å².